The molecule has 1 unspecified atom stereocenters. The molecule has 1 aliphatic rings. The van der Waals surface area contributed by atoms with Crippen molar-refractivity contribution in [2.24, 2.45) is 0 Å². The van der Waals surface area contributed by atoms with Crippen molar-refractivity contribution in [3.8, 4) is 5.75 Å². The van der Waals surface area contributed by atoms with Gasteiger partial charge in [-0.1, -0.05) is 24.3 Å². The molecule has 148 valence electrons. The maximum Gasteiger partial charge on any atom is 0.246 e. The average Bonchev–Trinajstić information content (AvgIpc) is 2.69. The van der Waals surface area contributed by atoms with Crippen LogP contribution < -0.4 is 9.64 Å². The van der Waals surface area contributed by atoms with Gasteiger partial charge in [-0.3, -0.25) is 14.5 Å². The summed E-state index contributed by atoms with van der Waals surface area (Å²) in [7, 11) is 5.02. The number of carbonyl (C=O) groups excluding carboxylic acids is 2. The van der Waals surface area contributed by atoms with Gasteiger partial charge in [-0.25, -0.2) is 4.39 Å². The van der Waals surface area contributed by atoms with E-state index in [1.165, 1.54) is 11.0 Å². The monoisotopic (exact) mass is 385 g/mol. The lowest BCUT2D eigenvalue weighted by atomic mass is 10.0. The molecule has 1 heterocycles. The highest BCUT2D eigenvalue weighted by molar-refractivity contribution is 5.98. The van der Waals surface area contributed by atoms with Crippen LogP contribution in [0, 0.1) is 5.82 Å². The summed E-state index contributed by atoms with van der Waals surface area (Å²) in [4.78, 5) is 30.6. The molecule has 7 heteroatoms. The van der Waals surface area contributed by atoms with Gasteiger partial charge in [0, 0.05) is 30.4 Å². The number of hydrogen-bond donors (Lipinski definition) is 0. The molecule has 3 rings (SSSR count). The standard InChI is InChI=1S/C21H24FN3O3/c1-23(2)20(17-9-4-5-10-18(17)22)21(27)24-11-12-25(19(26)14-24)15-7-6-8-16(13-15)28-3/h4-10,13,20H,11-12,14H2,1-3H3. The summed E-state index contributed by atoms with van der Waals surface area (Å²) in [6, 6.07) is 12.7. The highest BCUT2D eigenvalue weighted by Gasteiger charge is 2.34. The molecular formula is C21H24FN3O3. The number of halogens is 1. The van der Waals surface area contributed by atoms with Crippen LogP contribution in [0.15, 0.2) is 48.5 Å². The Labute approximate surface area is 164 Å². The maximum atomic E-state index is 14.3. The van der Waals surface area contributed by atoms with Gasteiger partial charge in [0.1, 0.15) is 24.2 Å². The molecule has 0 aliphatic carbocycles. The molecule has 0 saturated carbocycles. The number of nitrogens with zero attached hydrogens (tertiary/aromatic N) is 3. The second kappa shape index (κ2) is 8.39. The Balaban J connectivity index is 1.77. The Bertz CT molecular complexity index is 871. The molecule has 0 N–H and O–H groups in total. The lowest BCUT2D eigenvalue weighted by Gasteiger charge is -2.37. The summed E-state index contributed by atoms with van der Waals surface area (Å²) < 4.78 is 19.5. The summed E-state index contributed by atoms with van der Waals surface area (Å²) >= 11 is 0. The smallest absolute Gasteiger partial charge is 0.246 e. The van der Waals surface area contributed by atoms with E-state index in [0.29, 0.717) is 24.4 Å². The van der Waals surface area contributed by atoms with Crippen molar-refractivity contribution < 1.29 is 18.7 Å². The molecule has 2 amide bonds. The van der Waals surface area contributed by atoms with Crippen LogP contribution >= 0.6 is 0 Å². The zero-order valence-corrected chi connectivity index (χ0v) is 16.3. The number of hydrogen-bond acceptors (Lipinski definition) is 4. The molecule has 1 atom stereocenters. The second-order valence-corrected chi connectivity index (χ2v) is 6.89. The first-order valence-electron chi connectivity index (χ1n) is 9.06. The number of likely N-dealkylation sites (N-methyl/N-ethyl adjacent to an activating group) is 1. The number of rotatable bonds is 5. The molecule has 6 nitrogen and oxygen atoms in total. The van der Waals surface area contributed by atoms with Gasteiger partial charge in [-0.05, 0) is 32.3 Å². The van der Waals surface area contributed by atoms with Gasteiger partial charge in [0.25, 0.3) is 0 Å². The lowest BCUT2D eigenvalue weighted by molar-refractivity contribution is -0.141. The topological polar surface area (TPSA) is 53.1 Å². The van der Waals surface area contributed by atoms with Crippen molar-refractivity contribution in [3.05, 3.63) is 59.9 Å². The van der Waals surface area contributed by atoms with E-state index in [0.717, 1.165) is 5.69 Å². The van der Waals surface area contributed by atoms with Crippen LogP contribution in [0.3, 0.4) is 0 Å². The van der Waals surface area contributed by atoms with E-state index >= 15 is 0 Å². The van der Waals surface area contributed by atoms with Crippen LogP contribution in [0.25, 0.3) is 0 Å². The summed E-state index contributed by atoms with van der Waals surface area (Å²) in [6.45, 7) is 0.699. The van der Waals surface area contributed by atoms with E-state index in [1.54, 1.807) is 55.3 Å². The summed E-state index contributed by atoms with van der Waals surface area (Å²) in [5, 5.41) is 0. The number of piperazine rings is 1. The summed E-state index contributed by atoms with van der Waals surface area (Å²) in [6.07, 6.45) is 0. The van der Waals surface area contributed by atoms with Gasteiger partial charge in [0.05, 0.1) is 7.11 Å². The average molecular weight is 385 g/mol. The van der Waals surface area contributed by atoms with Crippen LogP contribution in [0.5, 0.6) is 5.75 Å². The van der Waals surface area contributed by atoms with Crippen molar-refractivity contribution in [3.63, 3.8) is 0 Å². The Hall–Kier alpha value is -2.93. The summed E-state index contributed by atoms with van der Waals surface area (Å²) in [5.41, 5.74) is 1.04. The van der Waals surface area contributed by atoms with Crippen molar-refractivity contribution >= 4 is 17.5 Å². The summed E-state index contributed by atoms with van der Waals surface area (Å²) in [5.74, 6) is -0.237. The lowest BCUT2D eigenvalue weighted by Crippen LogP contribution is -2.54. The van der Waals surface area contributed by atoms with E-state index in [-0.39, 0.29) is 18.4 Å². The van der Waals surface area contributed by atoms with Crippen LogP contribution in [0.4, 0.5) is 10.1 Å². The van der Waals surface area contributed by atoms with Gasteiger partial charge in [0.15, 0.2) is 0 Å². The number of carbonyl (C=O) groups is 2. The normalized spacial score (nSPS) is 15.7. The molecule has 0 bridgehead atoms. The third-order valence-electron chi connectivity index (χ3n) is 4.85. The number of ether oxygens (including phenoxy) is 1. The first-order chi connectivity index (χ1) is 13.4. The Kier molecular flexibility index (Phi) is 5.94. The molecule has 28 heavy (non-hydrogen) atoms. The van der Waals surface area contributed by atoms with Crippen LogP contribution in [-0.4, -0.2) is 62.5 Å². The van der Waals surface area contributed by atoms with E-state index in [1.807, 2.05) is 18.2 Å². The third-order valence-corrected chi connectivity index (χ3v) is 4.85. The van der Waals surface area contributed by atoms with Gasteiger partial charge in [-0.15, -0.1) is 0 Å². The maximum absolute atomic E-state index is 14.3. The van der Waals surface area contributed by atoms with E-state index in [9.17, 15) is 14.0 Å². The number of amides is 2. The Morgan fingerprint density at radius 3 is 2.54 bits per heavy atom. The molecule has 2 aromatic carbocycles. The van der Waals surface area contributed by atoms with Crippen molar-refractivity contribution in [2.75, 3.05) is 45.7 Å². The first-order valence-corrected chi connectivity index (χ1v) is 9.06. The predicted molar refractivity (Wildman–Crippen MR) is 105 cm³/mol. The van der Waals surface area contributed by atoms with Crippen molar-refractivity contribution in [1.82, 2.24) is 9.80 Å². The second-order valence-electron chi connectivity index (χ2n) is 6.89. The molecule has 1 aliphatic heterocycles. The van der Waals surface area contributed by atoms with Gasteiger partial charge >= 0.3 is 0 Å². The fraction of sp³-hybridized carbons (Fsp3) is 0.333. The van der Waals surface area contributed by atoms with Crippen LogP contribution in [0.1, 0.15) is 11.6 Å². The van der Waals surface area contributed by atoms with Gasteiger partial charge < -0.3 is 14.5 Å². The quantitative estimate of drug-likeness (QED) is 0.793. The highest BCUT2D eigenvalue weighted by Crippen LogP contribution is 2.26. The largest absolute Gasteiger partial charge is 0.497 e. The zero-order valence-electron chi connectivity index (χ0n) is 16.3. The number of methoxy groups -OCH3 is 1. The minimum atomic E-state index is -0.780. The molecule has 1 fully saturated rings. The molecule has 2 aromatic rings. The minimum absolute atomic E-state index is 0.0468. The predicted octanol–water partition coefficient (Wildman–Crippen LogP) is 2.31. The van der Waals surface area contributed by atoms with Gasteiger partial charge in [-0.2, -0.15) is 0 Å². The molecule has 0 radical (unpaired) electrons. The van der Waals surface area contributed by atoms with Crippen molar-refractivity contribution in [1.29, 1.82) is 0 Å². The van der Waals surface area contributed by atoms with Gasteiger partial charge in [0.2, 0.25) is 11.8 Å². The van der Waals surface area contributed by atoms with E-state index in [4.69, 9.17) is 4.74 Å². The first kappa shape index (κ1) is 19.8. The van der Waals surface area contributed by atoms with Crippen molar-refractivity contribution in [2.45, 2.75) is 6.04 Å². The Morgan fingerprint density at radius 2 is 1.89 bits per heavy atom. The molecule has 0 aromatic heterocycles. The third kappa shape index (κ3) is 3.99. The number of anilines is 1. The van der Waals surface area contributed by atoms with Crippen LogP contribution in [-0.2, 0) is 9.59 Å². The fourth-order valence-corrected chi connectivity index (χ4v) is 3.41. The van der Waals surface area contributed by atoms with E-state index < -0.39 is 11.9 Å². The molecular weight excluding hydrogens is 361 g/mol. The van der Waals surface area contributed by atoms with Crippen LogP contribution in [0.2, 0.25) is 0 Å². The number of benzene rings is 2. The molecule has 0 spiro atoms. The highest BCUT2D eigenvalue weighted by atomic mass is 19.1. The fourth-order valence-electron chi connectivity index (χ4n) is 3.41. The Morgan fingerprint density at radius 1 is 1.14 bits per heavy atom. The zero-order chi connectivity index (χ0) is 20.3. The minimum Gasteiger partial charge on any atom is -0.497 e. The SMILES string of the molecule is COc1cccc(N2CCN(C(=O)C(c3ccccc3F)N(C)C)CC2=O)c1. The molecule has 1 saturated heterocycles. The van der Waals surface area contributed by atoms with E-state index in [2.05, 4.69) is 0 Å².